The summed E-state index contributed by atoms with van der Waals surface area (Å²) >= 11 is 0. The second-order valence-corrected chi connectivity index (χ2v) is 6.54. The topological polar surface area (TPSA) is 30.5 Å². The van der Waals surface area contributed by atoms with Crippen LogP contribution in [0.2, 0.25) is 0 Å². The maximum atomic E-state index is 6.09. The zero-order valence-electron chi connectivity index (χ0n) is 12.6. The molecule has 1 N–H and O–H groups in total. The summed E-state index contributed by atoms with van der Waals surface area (Å²) in [7, 11) is 0. The number of nitrogens with one attached hydrogen (secondary N) is 1. The standard InChI is InChI=1S/C17H25NO2/c1-17(2)11-13-5-3-6-14(16(13)20-17)12-18-9-8-15-7-4-10-19-15/h3,5-6,15,18H,4,7-12H2,1-2H3. The fraction of sp³-hybridized carbons (Fsp3) is 0.647. The minimum atomic E-state index is -0.0594. The van der Waals surface area contributed by atoms with E-state index in [1.165, 1.54) is 24.0 Å². The molecule has 0 bridgehead atoms. The molecule has 3 rings (SSSR count). The van der Waals surface area contributed by atoms with Gasteiger partial charge in [-0.3, -0.25) is 0 Å². The first kappa shape index (κ1) is 13.9. The second-order valence-electron chi connectivity index (χ2n) is 6.54. The van der Waals surface area contributed by atoms with E-state index in [9.17, 15) is 0 Å². The van der Waals surface area contributed by atoms with Crippen molar-refractivity contribution in [1.82, 2.24) is 5.32 Å². The van der Waals surface area contributed by atoms with Crippen molar-refractivity contribution >= 4 is 0 Å². The molecular formula is C17H25NO2. The van der Waals surface area contributed by atoms with Crippen LogP contribution in [0.3, 0.4) is 0 Å². The van der Waals surface area contributed by atoms with Gasteiger partial charge in [0.1, 0.15) is 11.4 Å². The predicted octanol–water partition coefficient (Wildman–Crippen LogP) is 3.06. The summed E-state index contributed by atoms with van der Waals surface area (Å²) in [5.74, 6) is 1.10. The van der Waals surface area contributed by atoms with Gasteiger partial charge in [-0.25, -0.2) is 0 Å². The molecule has 0 amide bonds. The van der Waals surface area contributed by atoms with Gasteiger partial charge in [-0.1, -0.05) is 18.2 Å². The Bertz CT molecular complexity index is 464. The van der Waals surface area contributed by atoms with Crippen molar-refractivity contribution in [1.29, 1.82) is 0 Å². The Morgan fingerprint density at radius 1 is 1.35 bits per heavy atom. The Morgan fingerprint density at radius 3 is 3.05 bits per heavy atom. The van der Waals surface area contributed by atoms with Gasteiger partial charge in [0.15, 0.2) is 0 Å². The molecule has 1 aromatic rings. The van der Waals surface area contributed by atoms with Crippen molar-refractivity contribution in [2.75, 3.05) is 13.2 Å². The normalized spacial score (nSPS) is 23.6. The van der Waals surface area contributed by atoms with Crippen molar-refractivity contribution in [2.24, 2.45) is 0 Å². The fourth-order valence-corrected chi connectivity index (χ4v) is 3.18. The summed E-state index contributed by atoms with van der Waals surface area (Å²) in [6, 6.07) is 6.49. The number of para-hydroxylation sites is 1. The van der Waals surface area contributed by atoms with Crippen LogP contribution in [0.1, 0.15) is 44.2 Å². The Balaban J connectivity index is 1.52. The Morgan fingerprint density at radius 2 is 2.25 bits per heavy atom. The number of fused-ring (bicyclic) bond motifs is 1. The molecule has 1 fully saturated rings. The average molecular weight is 275 g/mol. The van der Waals surface area contributed by atoms with Crippen LogP contribution in [-0.2, 0) is 17.7 Å². The molecule has 110 valence electrons. The van der Waals surface area contributed by atoms with Gasteiger partial charge in [0.25, 0.3) is 0 Å². The second kappa shape index (κ2) is 5.74. The van der Waals surface area contributed by atoms with E-state index in [1.807, 2.05) is 0 Å². The maximum absolute atomic E-state index is 6.09. The molecule has 0 radical (unpaired) electrons. The third kappa shape index (κ3) is 3.15. The van der Waals surface area contributed by atoms with Crippen LogP contribution in [0.4, 0.5) is 0 Å². The highest BCUT2D eigenvalue weighted by Crippen LogP contribution is 2.37. The molecule has 3 nitrogen and oxygen atoms in total. The van der Waals surface area contributed by atoms with E-state index in [0.717, 1.165) is 38.3 Å². The first-order valence-corrected chi connectivity index (χ1v) is 7.76. The fourth-order valence-electron chi connectivity index (χ4n) is 3.18. The quantitative estimate of drug-likeness (QED) is 0.838. The number of ether oxygens (including phenoxy) is 2. The van der Waals surface area contributed by atoms with E-state index in [-0.39, 0.29) is 5.60 Å². The predicted molar refractivity (Wildman–Crippen MR) is 80.2 cm³/mol. The number of hydrogen-bond donors (Lipinski definition) is 1. The van der Waals surface area contributed by atoms with Gasteiger partial charge < -0.3 is 14.8 Å². The highest BCUT2D eigenvalue weighted by molar-refractivity contribution is 5.45. The smallest absolute Gasteiger partial charge is 0.127 e. The monoisotopic (exact) mass is 275 g/mol. The van der Waals surface area contributed by atoms with Gasteiger partial charge in [0, 0.05) is 25.1 Å². The molecule has 1 atom stereocenters. The zero-order chi connectivity index (χ0) is 14.0. The molecule has 2 aliphatic rings. The van der Waals surface area contributed by atoms with Gasteiger partial charge in [-0.15, -0.1) is 0 Å². The largest absolute Gasteiger partial charge is 0.487 e. The molecular weight excluding hydrogens is 250 g/mol. The lowest BCUT2D eigenvalue weighted by molar-refractivity contribution is 0.104. The molecule has 2 heterocycles. The number of benzene rings is 1. The molecule has 0 aliphatic carbocycles. The lowest BCUT2D eigenvalue weighted by Gasteiger charge is -2.18. The minimum Gasteiger partial charge on any atom is -0.487 e. The summed E-state index contributed by atoms with van der Waals surface area (Å²) in [6.45, 7) is 7.15. The molecule has 0 aromatic heterocycles. The molecule has 1 aromatic carbocycles. The van der Waals surface area contributed by atoms with Crippen LogP contribution >= 0.6 is 0 Å². The van der Waals surface area contributed by atoms with Gasteiger partial charge in [-0.05, 0) is 45.2 Å². The third-order valence-corrected chi connectivity index (χ3v) is 4.16. The first-order chi connectivity index (χ1) is 9.64. The molecule has 20 heavy (non-hydrogen) atoms. The Labute approximate surface area is 121 Å². The molecule has 0 saturated carbocycles. The van der Waals surface area contributed by atoms with Crippen molar-refractivity contribution in [2.45, 2.75) is 57.8 Å². The van der Waals surface area contributed by atoms with E-state index in [1.54, 1.807) is 0 Å². The van der Waals surface area contributed by atoms with Crippen LogP contribution in [0.25, 0.3) is 0 Å². The summed E-state index contributed by atoms with van der Waals surface area (Å²) < 4.78 is 11.7. The number of hydrogen-bond acceptors (Lipinski definition) is 3. The van der Waals surface area contributed by atoms with Crippen LogP contribution in [0, 0.1) is 0 Å². The van der Waals surface area contributed by atoms with E-state index in [4.69, 9.17) is 9.47 Å². The van der Waals surface area contributed by atoms with E-state index >= 15 is 0 Å². The molecule has 1 saturated heterocycles. The van der Waals surface area contributed by atoms with Crippen LogP contribution in [0.5, 0.6) is 5.75 Å². The number of rotatable bonds is 5. The van der Waals surface area contributed by atoms with E-state index in [2.05, 4.69) is 37.4 Å². The SMILES string of the molecule is CC1(C)Cc2cccc(CNCCC3CCCO3)c2O1. The molecule has 0 spiro atoms. The third-order valence-electron chi connectivity index (χ3n) is 4.16. The summed E-state index contributed by atoms with van der Waals surface area (Å²) in [4.78, 5) is 0. The lowest BCUT2D eigenvalue weighted by atomic mass is 10.0. The molecule has 2 aliphatic heterocycles. The van der Waals surface area contributed by atoms with Crippen LogP contribution < -0.4 is 10.1 Å². The van der Waals surface area contributed by atoms with Crippen molar-refractivity contribution < 1.29 is 9.47 Å². The Hall–Kier alpha value is -1.06. The summed E-state index contributed by atoms with van der Waals surface area (Å²) in [5.41, 5.74) is 2.56. The summed E-state index contributed by atoms with van der Waals surface area (Å²) in [6.07, 6.45) is 5.03. The van der Waals surface area contributed by atoms with Crippen molar-refractivity contribution in [3.05, 3.63) is 29.3 Å². The van der Waals surface area contributed by atoms with Crippen LogP contribution in [-0.4, -0.2) is 24.9 Å². The van der Waals surface area contributed by atoms with Gasteiger partial charge in [0.05, 0.1) is 6.10 Å². The highest BCUT2D eigenvalue weighted by atomic mass is 16.5. The van der Waals surface area contributed by atoms with Gasteiger partial charge >= 0.3 is 0 Å². The zero-order valence-corrected chi connectivity index (χ0v) is 12.6. The first-order valence-electron chi connectivity index (χ1n) is 7.76. The van der Waals surface area contributed by atoms with Crippen molar-refractivity contribution in [3.8, 4) is 5.75 Å². The average Bonchev–Trinajstić information content (AvgIpc) is 3.00. The van der Waals surface area contributed by atoms with E-state index < -0.39 is 0 Å². The lowest BCUT2D eigenvalue weighted by Crippen LogP contribution is -2.25. The van der Waals surface area contributed by atoms with Crippen LogP contribution in [0.15, 0.2) is 18.2 Å². The maximum Gasteiger partial charge on any atom is 0.127 e. The van der Waals surface area contributed by atoms with Gasteiger partial charge in [0.2, 0.25) is 0 Å². The van der Waals surface area contributed by atoms with Crippen molar-refractivity contribution in [3.63, 3.8) is 0 Å². The molecule has 1 unspecified atom stereocenters. The minimum absolute atomic E-state index is 0.0594. The summed E-state index contributed by atoms with van der Waals surface area (Å²) in [5, 5.41) is 3.53. The highest BCUT2D eigenvalue weighted by Gasteiger charge is 2.31. The van der Waals surface area contributed by atoms with Gasteiger partial charge in [-0.2, -0.15) is 0 Å². The van der Waals surface area contributed by atoms with E-state index in [0.29, 0.717) is 6.10 Å². The Kier molecular flexibility index (Phi) is 3.99. The molecule has 3 heteroatoms.